The van der Waals surface area contributed by atoms with E-state index in [2.05, 4.69) is 10.3 Å². The number of rotatable bonds is 10. The average Bonchev–Trinajstić information content (AvgIpc) is 3.36. The molecule has 0 aliphatic rings. The van der Waals surface area contributed by atoms with E-state index in [9.17, 15) is 4.79 Å². The fourth-order valence-corrected chi connectivity index (χ4v) is 4.19. The molecule has 2 N–H and O–H groups in total. The van der Waals surface area contributed by atoms with Gasteiger partial charge in [0.1, 0.15) is 5.75 Å². The van der Waals surface area contributed by atoms with Gasteiger partial charge in [-0.1, -0.05) is 42.0 Å². The number of ketones is 1. The van der Waals surface area contributed by atoms with E-state index in [1.807, 2.05) is 48.6 Å². The third kappa shape index (κ3) is 5.57. The van der Waals surface area contributed by atoms with Gasteiger partial charge in [0.2, 0.25) is 5.75 Å². The van der Waals surface area contributed by atoms with Gasteiger partial charge in [0.05, 0.1) is 33.5 Å². The minimum atomic E-state index is -0.125. The number of allylic oxidation sites excluding steroid dienone is 1. The Morgan fingerprint density at radius 2 is 1.59 bits per heavy atom. The summed E-state index contributed by atoms with van der Waals surface area (Å²) in [5.74, 6) is 1.99. The molecule has 0 saturated carbocycles. The van der Waals surface area contributed by atoms with Crippen LogP contribution in [0.3, 0.4) is 0 Å². The lowest BCUT2D eigenvalue weighted by atomic mass is 10.1. The number of para-hydroxylation sites is 1. The van der Waals surface area contributed by atoms with Gasteiger partial charge in [0, 0.05) is 46.7 Å². The van der Waals surface area contributed by atoms with E-state index in [0.717, 1.165) is 22.0 Å². The molecular formula is C29H27ClN2O5. The number of anilines is 1. The number of carbonyl (C=O) groups excluding carboxylic acids is 1. The van der Waals surface area contributed by atoms with Crippen LogP contribution >= 0.6 is 11.6 Å². The van der Waals surface area contributed by atoms with Gasteiger partial charge in [-0.05, 0) is 35.4 Å². The van der Waals surface area contributed by atoms with Gasteiger partial charge in [-0.15, -0.1) is 0 Å². The normalized spacial score (nSPS) is 11.3. The first kappa shape index (κ1) is 25.7. The molecule has 4 rings (SSSR count). The smallest absolute Gasteiger partial charge is 0.203 e. The molecule has 0 aliphatic heterocycles. The molecule has 0 radical (unpaired) electrons. The summed E-state index contributed by atoms with van der Waals surface area (Å²) in [6.07, 6.45) is 8.60. The number of hydrogen-bond acceptors (Lipinski definition) is 6. The second-order valence-corrected chi connectivity index (χ2v) is 8.36. The Balaban J connectivity index is 1.62. The number of hydrogen-bond donors (Lipinski definition) is 2. The number of halogens is 1. The fraction of sp³-hybridized carbons (Fsp3) is 0.138. The molecule has 8 heteroatoms. The van der Waals surface area contributed by atoms with Crippen LogP contribution in [0.2, 0.25) is 5.02 Å². The Morgan fingerprint density at radius 1 is 0.892 bits per heavy atom. The van der Waals surface area contributed by atoms with Crippen molar-refractivity contribution in [3.63, 3.8) is 0 Å². The Labute approximate surface area is 220 Å². The molecule has 4 aromatic rings. The molecule has 0 amide bonds. The van der Waals surface area contributed by atoms with E-state index in [1.165, 1.54) is 6.08 Å². The molecule has 1 heterocycles. The third-order valence-electron chi connectivity index (χ3n) is 5.79. The summed E-state index contributed by atoms with van der Waals surface area (Å²) >= 11 is 6.41. The van der Waals surface area contributed by atoms with Gasteiger partial charge in [0.25, 0.3) is 0 Å². The molecule has 0 fully saturated rings. The second kappa shape index (κ2) is 11.6. The van der Waals surface area contributed by atoms with Crippen LogP contribution in [0, 0.1) is 0 Å². The van der Waals surface area contributed by atoms with E-state index < -0.39 is 0 Å². The van der Waals surface area contributed by atoms with Gasteiger partial charge in [-0.2, -0.15) is 0 Å². The molecule has 0 aliphatic carbocycles. The van der Waals surface area contributed by atoms with Gasteiger partial charge in [-0.3, -0.25) is 4.79 Å². The molecule has 190 valence electrons. The number of H-pyrrole nitrogens is 1. The number of benzene rings is 3. The topological polar surface area (TPSA) is 81.8 Å². The number of ether oxygens (including phenoxy) is 4. The van der Waals surface area contributed by atoms with Gasteiger partial charge >= 0.3 is 0 Å². The molecule has 3 aromatic carbocycles. The number of fused-ring (bicyclic) bond motifs is 1. The number of nitrogens with one attached hydrogen (secondary N) is 2. The Bertz CT molecular complexity index is 1460. The van der Waals surface area contributed by atoms with Crippen molar-refractivity contribution < 1.29 is 23.7 Å². The Kier molecular flexibility index (Phi) is 8.05. The highest BCUT2D eigenvalue weighted by molar-refractivity contribution is 6.32. The molecule has 0 atom stereocenters. The lowest BCUT2D eigenvalue weighted by Gasteiger charge is -2.13. The number of aromatic amines is 1. The Morgan fingerprint density at radius 3 is 2.27 bits per heavy atom. The maximum Gasteiger partial charge on any atom is 0.203 e. The quantitative estimate of drug-likeness (QED) is 0.136. The minimum Gasteiger partial charge on any atom is -0.495 e. The van der Waals surface area contributed by atoms with Crippen LogP contribution in [-0.2, 0) is 0 Å². The first-order chi connectivity index (χ1) is 18.0. The summed E-state index contributed by atoms with van der Waals surface area (Å²) < 4.78 is 21.7. The molecule has 0 saturated heterocycles. The van der Waals surface area contributed by atoms with Crippen LogP contribution in [0.25, 0.3) is 23.1 Å². The summed E-state index contributed by atoms with van der Waals surface area (Å²) in [6.45, 7) is 0. The van der Waals surface area contributed by atoms with Crippen LogP contribution in [-0.4, -0.2) is 39.2 Å². The molecule has 37 heavy (non-hydrogen) atoms. The highest BCUT2D eigenvalue weighted by atomic mass is 35.5. The lowest BCUT2D eigenvalue weighted by molar-refractivity contribution is 0.104. The van der Waals surface area contributed by atoms with E-state index in [4.69, 9.17) is 30.5 Å². The fourth-order valence-electron chi connectivity index (χ4n) is 3.94. The average molecular weight is 519 g/mol. The van der Waals surface area contributed by atoms with Crippen molar-refractivity contribution in [1.29, 1.82) is 0 Å². The van der Waals surface area contributed by atoms with Crippen molar-refractivity contribution in [2.24, 2.45) is 0 Å². The van der Waals surface area contributed by atoms with Gasteiger partial charge in [-0.25, -0.2) is 0 Å². The number of carbonyl (C=O) groups is 1. The van der Waals surface area contributed by atoms with E-state index >= 15 is 0 Å². The highest BCUT2D eigenvalue weighted by Crippen LogP contribution is 2.39. The maximum absolute atomic E-state index is 12.8. The molecular weight excluding hydrogens is 492 g/mol. The summed E-state index contributed by atoms with van der Waals surface area (Å²) in [7, 11) is 6.25. The SMILES string of the molecule is COc1cc(NC=CC(=O)c2c[nH]c3ccccc23)c(C=Cc2cc(OC)c(OC)c(OC)c2)cc1Cl. The number of aromatic nitrogens is 1. The van der Waals surface area contributed by atoms with Crippen LogP contribution in [0.5, 0.6) is 23.0 Å². The summed E-state index contributed by atoms with van der Waals surface area (Å²) in [5, 5.41) is 4.51. The van der Waals surface area contributed by atoms with Crippen LogP contribution in [0.1, 0.15) is 21.5 Å². The minimum absolute atomic E-state index is 0.125. The highest BCUT2D eigenvalue weighted by Gasteiger charge is 2.13. The maximum atomic E-state index is 12.8. The van der Waals surface area contributed by atoms with E-state index in [0.29, 0.717) is 39.3 Å². The summed E-state index contributed by atoms with van der Waals surface area (Å²) in [6, 6.07) is 14.9. The van der Waals surface area contributed by atoms with Crippen molar-refractivity contribution in [3.8, 4) is 23.0 Å². The Hall–Kier alpha value is -4.36. The molecule has 0 spiro atoms. The lowest BCUT2D eigenvalue weighted by Crippen LogP contribution is -1.97. The first-order valence-corrected chi connectivity index (χ1v) is 11.8. The standard InChI is InChI=1S/C29H27ClN2O5/c1-34-26-16-24(31-12-11-25(33)21-17-32-23-8-6-5-7-20(21)23)19(15-22(26)30)10-9-18-13-27(35-2)29(37-4)28(14-18)36-3/h5-17,31-32H,1-4H3. The van der Waals surface area contributed by atoms with Crippen LogP contribution in [0.4, 0.5) is 5.69 Å². The monoisotopic (exact) mass is 518 g/mol. The van der Waals surface area contributed by atoms with Crippen LogP contribution in [0.15, 0.2) is 67.0 Å². The zero-order chi connectivity index (χ0) is 26.4. The van der Waals surface area contributed by atoms with Crippen molar-refractivity contribution in [1.82, 2.24) is 4.98 Å². The molecule has 7 nitrogen and oxygen atoms in total. The zero-order valence-electron chi connectivity index (χ0n) is 20.9. The predicted molar refractivity (Wildman–Crippen MR) is 148 cm³/mol. The predicted octanol–water partition coefficient (Wildman–Crippen LogP) is 6.83. The van der Waals surface area contributed by atoms with Crippen LogP contribution < -0.4 is 24.3 Å². The van der Waals surface area contributed by atoms with Crippen molar-refractivity contribution in [2.75, 3.05) is 33.8 Å². The van der Waals surface area contributed by atoms with Gasteiger partial charge in [0.15, 0.2) is 17.3 Å². The summed E-state index contributed by atoms with van der Waals surface area (Å²) in [5.41, 5.74) is 3.83. The van der Waals surface area contributed by atoms with Crippen molar-refractivity contribution in [3.05, 3.63) is 88.7 Å². The first-order valence-electron chi connectivity index (χ1n) is 11.4. The van der Waals surface area contributed by atoms with E-state index in [-0.39, 0.29) is 5.78 Å². The van der Waals surface area contributed by atoms with E-state index in [1.54, 1.807) is 53.0 Å². The van der Waals surface area contributed by atoms with Crippen molar-refractivity contribution >= 4 is 46.1 Å². The van der Waals surface area contributed by atoms with Gasteiger partial charge < -0.3 is 29.2 Å². The molecule has 0 unspecified atom stereocenters. The molecule has 0 bridgehead atoms. The zero-order valence-corrected chi connectivity index (χ0v) is 21.7. The second-order valence-electron chi connectivity index (χ2n) is 7.96. The summed E-state index contributed by atoms with van der Waals surface area (Å²) in [4.78, 5) is 15.9. The number of methoxy groups -OCH3 is 4. The largest absolute Gasteiger partial charge is 0.495 e. The molecule has 1 aromatic heterocycles. The third-order valence-corrected chi connectivity index (χ3v) is 6.09. The van der Waals surface area contributed by atoms with Crippen molar-refractivity contribution in [2.45, 2.75) is 0 Å².